The van der Waals surface area contributed by atoms with Crippen LogP contribution in [0.2, 0.25) is 0 Å². The molecule has 0 aliphatic heterocycles. The summed E-state index contributed by atoms with van der Waals surface area (Å²) < 4.78 is 4.98. The lowest BCUT2D eigenvalue weighted by molar-refractivity contribution is -0.141. The SMILES string of the molecule is CCCN(CC(=O)OCC)c1ncnc2nc[nH]c12. The number of anilines is 1. The molecule has 1 N–H and O–H groups in total. The van der Waals surface area contributed by atoms with E-state index in [-0.39, 0.29) is 12.5 Å². The molecule has 2 rings (SSSR count). The van der Waals surface area contributed by atoms with Crippen LogP contribution in [0, 0.1) is 0 Å². The third kappa shape index (κ3) is 2.98. The van der Waals surface area contributed by atoms with Crippen molar-refractivity contribution >= 4 is 23.0 Å². The number of fused-ring (bicyclic) bond motifs is 1. The summed E-state index contributed by atoms with van der Waals surface area (Å²) in [5, 5.41) is 0. The molecule has 0 unspecified atom stereocenters. The highest BCUT2D eigenvalue weighted by molar-refractivity contribution is 5.85. The molecule has 0 fully saturated rings. The van der Waals surface area contributed by atoms with E-state index in [0.29, 0.717) is 24.6 Å². The number of nitrogens with zero attached hydrogens (tertiary/aromatic N) is 4. The molecular formula is C12H17N5O2. The van der Waals surface area contributed by atoms with Crippen LogP contribution in [0.15, 0.2) is 12.7 Å². The van der Waals surface area contributed by atoms with E-state index >= 15 is 0 Å². The second kappa shape index (κ2) is 6.12. The third-order valence-corrected chi connectivity index (χ3v) is 2.62. The molecule has 0 radical (unpaired) electrons. The topological polar surface area (TPSA) is 84.0 Å². The Morgan fingerprint density at radius 2 is 2.21 bits per heavy atom. The molecule has 0 spiro atoms. The monoisotopic (exact) mass is 263 g/mol. The van der Waals surface area contributed by atoms with Crippen molar-refractivity contribution in [2.45, 2.75) is 20.3 Å². The molecule has 0 saturated carbocycles. The molecule has 102 valence electrons. The van der Waals surface area contributed by atoms with Crippen LogP contribution in [0.5, 0.6) is 0 Å². The van der Waals surface area contributed by atoms with E-state index in [1.54, 1.807) is 13.3 Å². The minimum Gasteiger partial charge on any atom is -0.465 e. The van der Waals surface area contributed by atoms with E-state index in [2.05, 4.69) is 19.9 Å². The molecule has 0 aliphatic carbocycles. The van der Waals surface area contributed by atoms with Gasteiger partial charge in [0.1, 0.15) is 18.4 Å². The fraction of sp³-hybridized carbons (Fsp3) is 0.500. The second-order valence-electron chi connectivity index (χ2n) is 4.02. The standard InChI is InChI=1S/C12H17N5O2/c1-3-5-17(6-9(18)19-4-2)12-10-11(14-7-13-10)15-8-16-12/h7-8H,3-6H2,1-2H3,(H,13,14,15,16). The molecular weight excluding hydrogens is 246 g/mol. The van der Waals surface area contributed by atoms with Crippen LogP contribution in [0.25, 0.3) is 11.2 Å². The van der Waals surface area contributed by atoms with Crippen LogP contribution in [-0.4, -0.2) is 45.6 Å². The van der Waals surface area contributed by atoms with Gasteiger partial charge >= 0.3 is 5.97 Å². The van der Waals surface area contributed by atoms with Crippen molar-refractivity contribution in [3.05, 3.63) is 12.7 Å². The van der Waals surface area contributed by atoms with Gasteiger partial charge < -0.3 is 14.6 Å². The first-order chi connectivity index (χ1) is 9.26. The van der Waals surface area contributed by atoms with E-state index in [1.807, 2.05) is 11.8 Å². The fourth-order valence-corrected chi connectivity index (χ4v) is 1.88. The number of imidazole rings is 1. The van der Waals surface area contributed by atoms with Gasteiger partial charge in [0.15, 0.2) is 11.5 Å². The highest BCUT2D eigenvalue weighted by Gasteiger charge is 2.16. The number of carbonyl (C=O) groups excluding carboxylic acids is 1. The Balaban J connectivity index is 2.27. The zero-order valence-electron chi connectivity index (χ0n) is 11.1. The average molecular weight is 263 g/mol. The number of nitrogens with one attached hydrogen (secondary N) is 1. The summed E-state index contributed by atoms with van der Waals surface area (Å²) in [7, 11) is 0. The Bertz CT molecular complexity index is 554. The largest absolute Gasteiger partial charge is 0.465 e. The lowest BCUT2D eigenvalue weighted by Crippen LogP contribution is -2.32. The minimum atomic E-state index is -0.262. The van der Waals surface area contributed by atoms with Crippen LogP contribution in [-0.2, 0) is 9.53 Å². The van der Waals surface area contributed by atoms with E-state index < -0.39 is 0 Å². The van der Waals surface area contributed by atoms with Crippen molar-refractivity contribution in [1.82, 2.24) is 19.9 Å². The number of H-pyrrole nitrogens is 1. The summed E-state index contributed by atoms with van der Waals surface area (Å²) in [6, 6.07) is 0. The molecule has 0 aliphatic rings. The lowest BCUT2D eigenvalue weighted by Gasteiger charge is -2.22. The zero-order valence-corrected chi connectivity index (χ0v) is 11.1. The summed E-state index contributed by atoms with van der Waals surface area (Å²) in [4.78, 5) is 28.9. The number of carbonyl (C=O) groups is 1. The molecule has 19 heavy (non-hydrogen) atoms. The normalized spacial score (nSPS) is 10.6. The van der Waals surface area contributed by atoms with Gasteiger partial charge in [-0.3, -0.25) is 4.79 Å². The Morgan fingerprint density at radius 3 is 2.95 bits per heavy atom. The van der Waals surface area contributed by atoms with E-state index in [1.165, 1.54) is 6.33 Å². The molecule has 0 bridgehead atoms. The van der Waals surface area contributed by atoms with Crippen molar-refractivity contribution in [2.24, 2.45) is 0 Å². The smallest absolute Gasteiger partial charge is 0.325 e. The number of hydrogen-bond donors (Lipinski definition) is 1. The van der Waals surface area contributed by atoms with Crippen LogP contribution >= 0.6 is 0 Å². The van der Waals surface area contributed by atoms with Gasteiger partial charge in [-0.15, -0.1) is 0 Å². The van der Waals surface area contributed by atoms with Crippen molar-refractivity contribution in [3.63, 3.8) is 0 Å². The van der Waals surface area contributed by atoms with Gasteiger partial charge in [0, 0.05) is 6.54 Å². The summed E-state index contributed by atoms with van der Waals surface area (Å²) >= 11 is 0. The van der Waals surface area contributed by atoms with Gasteiger partial charge in [-0.2, -0.15) is 0 Å². The number of aromatic nitrogens is 4. The zero-order chi connectivity index (χ0) is 13.7. The average Bonchev–Trinajstić information content (AvgIpc) is 2.86. The van der Waals surface area contributed by atoms with E-state index in [9.17, 15) is 4.79 Å². The maximum Gasteiger partial charge on any atom is 0.325 e. The Hall–Kier alpha value is -2.18. The third-order valence-electron chi connectivity index (χ3n) is 2.62. The summed E-state index contributed by atoms with van der Waals surface area (Å²) in [5.74, 6) is 0.416. The molecule has 0 saturated heterocycles. The van der Waals surface area contributed by atoms with Crippen LogP contribution in [0.4, 0.5) is 5.82 Å². The van der Waals surface area contributed by atoms with Crippen molar-refractivity contribution in [2.75, 3.05) is 24.6 Å². The van der Waals surface area contributed by atoms with Crippen molar-refractivity contribution < 1.29 is 9.53 Å². The molecule has 0 amide bonds. The molecule has 7 heteroatoms. The molecule has 2 heterocycles. The van der Waals surface area contributed by atoms with Gasteiger partial charge in [-0.1, -0.05) is 6.92 Å². The Morgan fingerprint density at radius 1 is 1.37 bits per heavy atom. The highest BCUT2D eigenvalue weighted by atomic mass is 16.5. The molecule has 7 nitrogen and oxygen atoms in total. The van der Waals surface area contributed by atoms with Gasteiger partial charge in [0.25, 0.3) is 0 Å². The fourth-order valence-electron chi connectivity index (χ4n) is 1.88. The first kappa shape index (κ1) is 13.3. The van der Waals surface area contributed by atoms with Crippen LogP contribution in [0.1, 0.15) is 20.3 Å². The summed E-state index contributed by atoms with van der Waals surface area (Å²) in [5.41, 5.74) is 1.33. The number of ether oxygens (including phenoxy) is 1. The Kier molecular flexibility index (Phi) is 4.27. The summed E-state index contributed by atoms with van der Waals surface area (Å²) in [6.07, 6.45) is 3.92. The van der Waals surface area contributed by atoms with Crippen LogP contribution < -0.4 is 4.90 Å². The van der Waals surface area contributed by atoms with Gasteiger partial charge in [-0.25, -0.2) is 15.0 Å². The summed E-state index contributed by atoms with van der Waals surface area (Å²) in [6.45, 7) is 5.10. The van der Waals surface area contributed by atoms with E-state index in [0.717, 1.165) is 11.9 Å². The number of esters is 1. The van der Waals surface area contributed by atoms with Gasteiger partial charge in [0.05, 0.1) is 12.9 Å². The maximum atomic E-state index is 11.6. The van der Waals surface area contributed by atoms with Crippen molar-refractivity contribution in [1.29, 1.82) is 0 Å². The maximum absolute atomic E-state index is 11.6. The first-order valence-corrected chi connectivity index (χ1v) is 6.30. The quantitative estimate of drug-likeness (QED) is 0.786. The molecule has 0 atom stereocenters. The van der Waals surface area contributed by atoms with Crippen molar-refractivity contribution in [3.8, 4) is 0 Å². The Labute approximate surface area is 111 Å². The predicted molar refractivity (Wildman–Crippen MR) is 70.8 cm³/mol. The lowest BCUT2D eigenvalue weighted by atomic mass is 10.3. The second-order valence-corrected chi connectivity index (χ2v) is 4.02. The van der Waals surface area contributed by atoms with Gasteiger partial charge in [0.2, 0.25) is 0 Å². The molecule has 2 aromatic heterocycles. The number of aromatic amines is 1. The predicted octanol–water partition coefficient (Wildman–Crippen LogP) is 1.13. The molecule has 2 aromatic rings. The minimum absolute atomic E-state index is 0.173. The number of rotatable bonds is 6. The first-order valence-electron chi connectivity index (χ1n) is 6.30. The highest BCUT2D eigenvalue weighted by Crippen LogP contribution is 2.19. The van der Waals surface area contributed by atoms with Crippen LogP contribution in [0.3, 0.4) is 0 Å². The van der Waals surface area contributed by atoms with E-state index in [4.69, 9.17) is 4.74 Å². The number of hydrogen-bond acceptors (Lipinski definition) is 6. The molecule has 0 aromatic carbocycles. The van der Waals surface area contributed by atoms with Gasteiger partial charge in [-0.05, 0) is 13.3 Å².